The van der Waals surface area contributed by atoms with Gasteiger partial charge in [0.15, 0.2) is 0 Å². The molecule has 1 aliphatic rings. The second-order valence-corrected chi connectivity index (χ2v) is 8.05. The fourth-order valence-corrected chi connectivity index (χ4v) is 3.95. The molecule has 6 nitrogen and oxygen atoms in total. The van der Waals surface area contributed by atoms with Crippen LogP contribution in [0.5, 0.6) is 5.75 Å². The first-order valence-electron chi connectivity index (χ1n) is 10.7. The molecule has 3 rings (SSSR count). The van der Waals surface area contributed by atoms with Gasteiger partial charge in [0.25, 0.3) is 0 Å². The van der Waals surface area contributed by atoms with Gasteiger partial charge < -0.3 is 25.6 Å². The SMILES string of the molecule is O=C(O)N[C@@H](Cc1ccc(OCc2ccccc2)cc1)[C@@H](O)CNCC1CCCC1. The Balaban J connectivity index is 1.49. The normalized spacial score (nSPS) is 16.2. The highest BCUT2D eigenvalue weighted by Gasteiger charge is 2.22. The van der Waals surface area contributed by atoms with Crippen LogP contribution in [-0.4, -0.2) is 41.5 Å². The van der Waals surface area contributed by atoms with Crippen LogP contribution in [0.25, 0.3) is 0 Å². The molecule has 0 spiro atoms. The predicted octanol–water partition coefficient (Wildman–Crippen LogP) is 3.59. The minimum Gasteiger partial charge on any atom is -0.489 e. The molecular weight excluding hydrogens is 380 g/mol. The number of nitrogens with one attached hydrogen (secondary N) is 2. The van der Waals surface area contributed by atoms with Gasteiger partial charge in [0.2, 0.25) is 0 Å². The van der Waals surface area contributed by atoms with Crippen molar-refractivity contribution in [2.75, 3.05) is 13.1 Å². The van der Waals surface area contributed by atoms with E-state index < -0.39 is 18.2 Å². The third-order valence-electron chi connectivity index (χ3n) is 5.66. The van der Waals surface area contributed by atoms with Gasteiger partial charge in [0.05, 0.1) is 12.1 Å². The number of hydrogen-bond acceptors (Lipinski definition) is 4. The summed E-state index contributed by atoms with van der Waals surface area (Å²) in [6.07, 6.45) is 3.52. The van der Waals surface area contributed by atoms with Crippen molar-refractivity contribution in [1.29, 1.82) is 0 Å². The predicted molar refractivity (Wildman–Crippen MR) is 117 cm³/mol. The summed E-state index contributed by atoms with van der Waals surface area (Å²) in [6, 6.07) is 17.0. The summed E-state index contributed by atoms with van der Waals surface area (Å²) in [5, 5.41) is 25.5. The Morgan fingerprint density at radius 2 is 1.73 bits per heavy atom. The van der Waals surface area contributed by atoms with Crippen molar-refractivity contribution in [3.8, 4) is 5.75 Å². The Labute approximate surface area is 178 Å². The molecule has 1 aliphatic carbocycles. The molecule has 162 valence electrons. The van der Waals surface area contributed by atoms with Crippen LogP contribution in [0.3, 0.4) is 0 Å². The molecule has 6 heteroatoms. The Morgan fingerprint density at radius 1 is 1.03 bits per heavy atom. The van der Waals surface area contributed by atoms with Gasteiger partial charge >= 0.3 is 6.09 Å². The van der Waals surface area contributed by atoms with Gasteiger partial charge in [-0.15, -0.1) is 0 Å². The number of benzene rings is 2. The molecule has 0 aliphatic heterocycles. The molecule has 0 heterocycles. The maximum Gasteiger partial charge on any atom is 0.404 e. The number of rotatable bonds is 11. The minimum absolute atomic E-state index is 0.375. The molecule has 1 amide bonds. The monoisotopic (exact) mass is 412 g/mol. The molecular formula is C24H32N2O4. The van der Waals surface area contributed by atoms with E-state index in [1.165, 1.54) is 25.7 Å². The van der Waals surface area contributed by atoms with E-state index in [9.17, 15) is 9.90 Å². The summed E-state index contributed by atoms with van der Waals surface area (Å²) in [4.78, 5) is 11.2. The van der Waals surface area contributed by atoms with E-state index in [1.54, 1.807) is 0 Å². The van der Waals surface area contributed by atoms with Crippen molar-refractivity contribution < 1.29 is 19.7 Å². The Morgan fingerprint density at radius 3 is 2.40 bits per heavy atom. The fourth-order valence-electron chi connectivity index (χ4n) is 3.95. The summed E-state index contributed by atoms with van der Waals surface area (Å²) >= 11 is 0. The summed E-state index contributed by atoms with van der Waals surface area (Å²) in [5.74, 6) is 1.43. The molecule has 0 bridgehead atoms. The van der Waals surface area contributed by atoms with Crippen LogP contribution in [0.2, 0.25) is 0 Å². The highest BCUT2D eigenvalue weighted by molar-refractivity contribution is 5.65. The number of hydrogen-bond donors (Lipinski definition) is 4. The topological polar surface area (TPSA) is 90.8 Å². The molecule has 0 saturated heterocycles. The molecule has 0 radical (unpaired) electrons. The largest absolute Gasteiger partial charge is 0.489 e. The minimum atomic E-state index is -1.13. The third-order valence-corrected chi connectivity index (χ3v) is 5.66. The van der Waals surface area contributed by atoms with Crippen molar-refractivity contribution in [2.24, 2.45) is 5.92 Å². The molecule has 1 fully saturated rings. The molecule has 2 atom stereocenters. The second kappa shape index (κ2) is 11.6. The summed E-state index contributed by atoms with van der Waals surface area (Å²) in [6.45, 7) is 1.75. The average Bonchev–Trinajstić information content (AvgIpc) is 3.27. The quantitative estimate of drug-likeness (QED) is 0.453. The van der Waals surface area contributed by atoms with E-state index in [0.717, 1.165) is 23.4 Å². The highest BCUT2D eigenvalue weighted by atomic mass is 16.5. The Hall–Kier alpha value is -2.57. The van der Waals surface area contributed by atoms with Crippen molar-refractivity contribution in [1.82, 2.24) is 10.6 Å². The molecule has 1 saturated carbocycles. The molecule has 2 aromatic rings. The number of carboxylic acid groups (broad SMARTS) is 1. The first-order chi connectivity index (χ1) is 14.6. The second-order valence-electron chi connectivity index (χ2n) is 8.05. The van der Waals surface area contributed by atoms with Gasteiger partial charge in [0, 0.05) is 6.54 Å². The van der Waals surface area contributed by atoms with E-state index in [0.29, 0.717) is 25.5 Å². The van der Waals surface area contributed by atoms with Crippen molar-refractivity contribution >= 4 is 6.09 Å². The van der Waals surface area contributed by atoms with Crippen LogP contribution in [0.4, 0.5) is 4.79 Å². The average molecular weight is 413 g/mol. The lowest BCUT2D eigenvalue weighted by Crippen LogP contribution is -2.48. The third kappa shape index (κ3) is 7.35. The van der Waals surface area contributed by atoms with E-state index in [2.05, 4.69) is 10.6 Å². The maximum absolute atomic E-state index is 11.2. The number of aliphatic hydroxyl groups is 1. The maximum atomic E-state index is 11.2. The van der Waals surface area contributed by atoms with Crippen molar-refractivity contribution in [3.05, 3.63) is 65.7 Å². The van der Waals surface area contributed by atoms with Gasteiger partial charge in [-0.2, -0.15) is 0 Å². The zero-order valence-corrected chi connectivity index (χ0v) is 17.3. The lowest BCUT2D eigenvalue weighted by atomic mass is 10.0. The summed E-state index contributed by atoms with van der Waals surface area (Å²) < 4.78 is 5.80. The van der Waals surface area contributed by atoms with Crippen LogP contribution in [0.15, 0.2) is 54.6 Å². The van der Waals surface area contributed by atoms with Crippen LogP contribution in [0, 0.1) is 5.92 Å². The molecule has 30 heavy (non-hydrogen) atoms. The van der Waals surface area contributed by atoms with Crippen LogP contribution >= 0.6 is 0 Å². The molecule has 2 aromatic carbocycles. The van der Waals surface area contributed by atoms with Crippen LogP contribution in [-0.2, 0) is 13.0 Å². The van der Waals surface area contributed by atoms with Gasteiger partial charge in [-0.1, -0.05) is 55.3 Å². The Bertz CT molecular complexity index is 761. The molecule has 4 N–H and O–H groups in total. The number of carbonyl (C=O) groups is 1. The number of amides is 1. The van der Waals surface area contributed by atoms with Crippen LogP contribution < -0.4 is 15.4 Å². The smallest absolute Gasteiger partial charge is 0.404 e. The van der Waals surface area contributed by atoms with E-state index in [-0.39, 0.29) is 0 Å². The fraction of sp³-hybridized carbons (Fsp3) is 0.458. The molecule has 0 unspecified atom stereocenters. The first-order valence-corrected chi connectivity index (χ1v) is 10.7. The summed E-state index contributed by atoms with van der Waals surface area (Å²) in [7, 11) is 0. The number of aliphatic hydroxyl groups excluding tert-OH is 1. The first kappa shape index (κ1) is 22.1. The van der Waals surface area contributed by atoms with Crippen LogP contribution in [0.1, 0.15) is 36.8 Å². The van der Waals surface area contributed by atoms with Gasteiger partial charge in [-0.3, -0.25) is 0 Å². The van der Waals surface area contributed by atoms with Gasteiger partial charge in [0.1, 0.15) is 12.4 Å². The lowest BCUT2D eigenvalue weighted by Gasteiger charge is -2.24. The van der Waals surface area contributed by atoms with E-state index >= 15 is 0 Å². The van der Waals surface area contributed by atoms with Crippen molar-refractivity contribution in [3.63, 3.8) is 0 Å². The Kier molecular flexibility index (Phi) is 8.53. The van der Waals surface area contributed by atoms with E-state index in [4.69, 9.17) is 9.84 Å². The lowest BCUT2D eigenvalue weighted by molar-refractivity contribution is 0.117. The highest BCUT2D eigenvalue weighted by Crippen LogP contribution is 2.23. The zero-order chi connectivity index (χ0) is 21.2. The summed E-state index contributed by atoms with van der Waals surface area (Å²) in [5.41, 5.74) is 2.04. The number of ether oxygens (including phenoxy) is 1. The van der Waals surface area contributed by atoms with Gasteiger partial charge in [-0.05, 0) is 55.0 Å². The van der Waals surface area contributed by atoms with Gasteiger partial charge in [-0.25, -0.2) is 4.79 Å². The van der Waals surface area contributed by atoms with Crippen molar-refractivity contribution in [2.45, 2.75) is 50.9 Å². The standard InChI is InChI=1S/C24H32N2O4/c27-23(16-25-15-19-6-4-5-7-19)22(26-24(28)29)14-18-10-12-21(13-11-18)30-17-20-8-2-1-3-9-20/h1-3,8-13,19,22-23,25-27H,4-7,14-17H2,(H,28,29)/t22-,23-/m0/s1. The van der Waals surface area contributed by atoms with E-state index in [1.807, 2.05) is 54.6 Å². The zero-order valence-electron chi connectivity index (χ0n) is 17.3. The molecule has 0 aromatic heterocycles.